The quantitative estimate of drug-likeness (QED) is 0.136. The van der Waals surface area contributed by atoms with Gasteiger partial charge < -0.3 is 30.4 Å². The number of aryl methyl sites for hydroxylation is 1. The molecular formula is C29H45FN6O4S. The number of nitrogens with two attached hydrogens (primary N) is 1. The predicted octanol–water partition coefficient (Wildman–Crippen LogP) is 3.06. The number of amides is 1. The van der Waals surface area contributed by atoms with Gasteiger partial charge in [0.1, 0.15) is 17.1 Å². The molecule has 2 aromatic rings. The van der Waals surface area contributed by atoms with Crippen LogP contribution >= 0.6 is 11.8 Å². The van der Waals surface area contributed by atoms with Crippen LogP contribution in [0.4, 0.5) is 4.39 Å². The van der Waals surface area contributed by atoms with Gasteiger partial charge in [-0.1, -0.05) is 30.8 Å². The van der Waals surface area contributed by atoms with Gasteiger partial charge in [0, 0.05) is 18.7 Å². The topological polar surface area (TPSA) is 156 Å². The number of aromatic hydroxyl groups is 1. The Kier molecular flexibility index (Phi) is 14.4. The Hall–Kier alpha value is -3.06. The molecular weight excluding hydrogens is 547 g/mol. The van der Waals surface area contributed by atoms with Crippen LogP contribution in [-0.4, -0.2) is 83.9 Å². The van der Waals surface area contributed by atoms with Crippen molar-refractivity contribution in [2.24, 2.45) is 11.1 Å². The summed E-state index contributed by atoms with van der Waals surface area (Å²) in [6.07, 6.45) is 7.03. The van der Waals surface area contributed by atoms with Gasteiger partial charge in [-0.05, 0) is 84.9 Å². The van der Waals surface area contributed by atoms with Crippen molar-refractivity contribution in [1.82, 2.24) is 20.1 Å². The van der Waals surface area contributed by atoms with Crippen LogP contribution in [0.1, 0.15) is 49.4 Å². The fraction of sp³-hybridized carbons (Fsp3) is 0.517. The van der Waals surface area contributed by atoms with E-state index in [1.807, 2.05) is 40.0 Å². The van der Waals surface area contributed by atoms with Crippen molar-refractivity contribution in [3.63, 3.8) is 0 Å². The Labute approximate surface area is 246 Å². The number of nitrogens with zero attached hydrogens (tertiary/aromatic N) is 2. The molecule has 1 aromatic heterocycles. The standard InChI is InChI=1S/C15H16FN3O2S.C11H20N2O2.C3H9N/c1-8-13(20)14(21)11(7-19-8)15(18)22-12(17)6-9-2-4-10(16)5-3-9;1-10(8-14)4-6-11(12-2,7-5-10)13(3)9-15;1-4(2)3/h2-5,7,12,18,20H,6,17H2,1H3,(H,19,21);8-9,12H,4-7H2,1-3H3;1-3H3. The van der Waals surface area contributed by atoms with Gasteiger partial charge in [-0.15, -0.1) is 0 Å². The molecule has 3 rings (SSSR count). The van der Waals surface area contributed by atoms with Gasteiger partial charge in [-0.25, -0.2) is 4.39 Å². The van der Waals surface area contributed by atoms with Crippen molar-refractivity contribution in [3.8, 4) is 5.75 Å². The van der Waals surface area contributed by atoms with Gasteiger partial charge in [-0.2, -0.15) is 0 Å². The first kappa shape index (κ1) is 36.0. The van der Waals surface area contributed by atoms with Gasteiger partial charge in [0.2, 0.25) is 11.8 Å². The Morgan fingerprint density at radius 1 is 1.20 bits per heavy atom. The van der Waals surface area contributed by atoms with Crippen LogP contribution in [0, 0.1) is 23.6 Å². The SMILES string of the molecule is CN(C)C.CNC1(N(C)C=O)CCC(C)(C=O)CC1.Cc1[nH]cc(C(=N)SC(N)Cc2ccc(F)cc2)c(=O)c1O. The largest absolute Gasteiger partial charge is 0.503 e. The van der Waals surface area contributed by atoms with Crippen molar-refractivity contribution >= 4 is 29.5 Å². The number of carbonyl (C=O) groups is 2. The van der Waals surface area contributed by atoms with Crippen LogP contribution in [0.15, 0.2) is 35.3 Å². The average molecular weight is 593 g/mol. The first-order valence-electron chi connectivity index (χ1n) is 13.2. The van der Waals surface area contributed by atoms with E-state index in [2.05, 4.69) is 10.3 Å². The summed E-state index contributed by atoms with van der Waals surface area (Å²) >= 11 is 1.02. The Morgan fingerprint density at radius 2 is 1.73 bits per heavy atom. The van der Waals surface area contributed by atoms with Gasteiger partial charge in [0.15, 0.2) is 5.75 Å². The molecule has 0 aliphatic heterocycles. The molecule has 0 radical (unpaired) electrons. The summed E-state index contributed by atoms with van der Waals surface area (Å²) in [5.74, 6) is -0.714. The molecule has 228 valence electrons. The van der Waals surface area contributed by atoms with Crippen LogP contribution < -0.4 is 16.5 Å². The molecule has 1 unspecified atom stereocenters. The molecule has 0 bridgehead atoms. The molecule has 1 atom stereocenters. The number of benzene rings is 1. The highest BCUT2D eigenvalue weighted by atomic mass is 32.2. The van der Waals surface area contributed by atoms with Gasteiger partial charge in [0.05, 0.1) is 22.3 Å². The second-order valence-corrected chi connectivity index (χ2v) is 12.2. The monoisotopic (exact) mass is 592 g/mol. The van der Waals surface area contributed by atoms with E-state index in [1.165, 1.54) is 18.3 Å². The lowest BCUT2D eigenvalue weighted by Crippen LogP contribution is -2.58. The molecule has 1 fully saturated rings. The molecule has 6 N–H and O–H groups in total. The second kappa shape index (κ2) is 16.4. The van der Waals surface area contributed by atoms with E-state index < -0.39 is 16.6 Å². The lowest BCUT2D eigenvalue weighted by molar-refractivity contribution is -0.128. The highest BCUT2D eigenvalue weighted by Gasteiger charge is 2.41. The minimum atomic E-state index is -0.595. The molecule has 41 heavy (non-hydrogen) atoms. The lowest BCUT2D eigenvalue weighted by Gasteiger charge is -2.46. The van der Waals surface area contributed by atoms with E-state index in [4.69, 9.17) is 11.1 Å². The molecule has 12 heteroatoms. The summed E-state index contributed by atoms with van der Waals surface area (Å²) in [7, 11) is 9.65. The average Bonchev–Trinajstić information content (AvgIpc) is 2.93. The summed E-state index contributed by atoms with van der Waals surface area (Å²) in [6, 6.07) is 5.95. The van der Waals surface area contributed by atoms with Crippen LogP contribution in [0.5, 0.6) is 5.75 Å². The Balaban J connectivity index is 0.000000383. The van der Waals surface area contributed by atoms with E-state index in [9.17, 15) is 23.9 Å². The maximum atomic E-state index is 12.8. The summed E-state index contributed by atoms with van der Waals surface area (Å²) in [5, 5.41) is 20.3. The first-order chi connectivity index (χ1) is 19.1. The van der Waals surface area contributed by atoms with Gasteiger partial charge in [-0.3, -0.25) is 20.3 Å². The first-order valence-corrected chi connectivity index (χ1v) is 14.1. The van der Waals surface area contributed by atoms with Crippen molar-refractivity contribution < 1.29 is 19.1 Å². The number of rotatable bonds is 8. The number of H-pyrrole nitrogens is 1. The molecule has 1 aliphatic carbocycles. The highest BCUT2D eigenvalue weighted by Crippen LogP contribution is 2.39. The summed E-state index contributed by atoms with van der Waals surface area (Å²) in [5.41, 5.74) is 6.16. The third-order valence-electron chi connectivity index (χ3n) is 6.91. The zero-order valence-electron chi connectivity index (χ0n) is 25.1. The predicted molar refractivity (Wildman–Crippen MR) is 164 cm³/mol. The molecule has 0 saturated heterocycles. The number of aromatic amines is 1. The molecule has 1 saturated carbocycles. The molecule has 1 aromatic carbocycles. The van der Waals surface area contributed by atoms with Crippen LogP contribution in [0.2, 0.25) is 0 Å². The van der Waals surface area contributed by atoms with Crippen LogP contribution in [-0.2, 0) is 16.0 Å². The molecule has 1 aliphatic rings. The fourth-order valence-electron chi connectivity index (χ4n) is 4.12. The zero-order chi connectivity index (χ0) is 31.4. The Morgan fingerprint density at radius 3 is 2.20 bits per heavy atom. The van der Waals surface area contributed by atoms with E-state index in [1.54, 1.807) is 31.0 Å². The fourth-order valence-corrected chi connectivity index (χ4v) is 4.98. The number of pyridine rings is 1. The second-order valence-electron chi connectivity index (χ2n) is 10.9. The lowest BCUT2D eigenvalue weighted by atomic mass is 9.72. The third-order valence-corrected chi connectivity index (χ3v) is 7.84. The maximum absolute atomic E-state index is 12.8. The van der Waals surface area contributed by atoms with Gasteiger partial charge >= 0.3 is 0 Å². The minimum absolute atomic E-state index is 0.0221. The summed E-state index contributed by atoms with van der Waals surface area (Å²) in [4.78, 5) is 40.0. The maximum Gasteiger partial charge on any atom is 0.233 e. The number of hydrogen-bond donors (Lipinski definition) is 5. The number of hydrogen-bond acceptors (Lipinski definition) is 9. The Bertz CT molecular complexity index is 1190. The van der Waals surface area contributed by atoms with Crippen molar-refractivity contribution in [2.75, 3.05) is 35.2 Å². The number of carbonyl (C=O) groups excluding carboxylic acids is 2. The van der Waals surface area contributed by atoms with Crippen LogP contribution in [0.3, 0.4) is 0 Å². The number of aromatic nitrogens is 1. The number of halogens is 1. The van der Waals surface area contributed by atoms with E-state index in [0.29, 0.717) is 12.1 Å². The molecule has 1 amide bonds. The van der Waals surface area contributed by atoms with E-state index >= 15 is 0 Å². The summed E-state index contributed by atoms with van der Waals surface area (Å²) < 4.78 is 12.8. The van der Waals surface area contributed by atoms with Crippen molar-refractivity contribution in [3.05, 3.63) is 63.3 Å². The number of aldehydes is 1. The molecule has 10 nitrogen and oxygen atoms in total. The molecule has 0 spiro atoms. The van der Waals surface area contributed by atoms with E-state index in [-0.39, 0.29) is 27.5 Å². The summed E-state index contributed by atoms with van der Waals surface area (Å²) in [6.45, 7) is 3.55. The smallest absolute Gasteiger partial charge is 0.233 e. The zero-order valence-corrected chi connectivity index (χ0v) is 25.9. The minimum Gasteiger partial charge on any atom is -0.503 e. The normalized spacial score (nSPS) is 20.5. The van der Waals surface area contributed by atoms with Crippen molar-refractivity contribution in [2.45, 2.75) is 57.0 Å². The van der Waals surface area contributed by atoms with Gasteiger partial charge in [0.25, 0.3) is 0 Å². The number of nitrogens with one attached hydrogen (secondary N) is 3. The highest BCUT2D eigenvalue weighted by molar-refractivity contribution is 8.14. The van der Waals surface area contributed by atoms with Crippen LogP contribution in [0.25, 0.3) is 0 Å². The molecule has 1 heterocycles. The van der Waals surface area contributed by atoms with E-state index in [0.717, 1.165) is 55.7 Å². The van der Waals surface area contributed by atoms with Crippen molar-refractivity contribution in [1.29, 1.82) is 5.41 Å². The third kappa shape index (κ3) is 11.0. The number of thioether (sulfide) groups is 1.